The Balaban J connectivity index is 1.71. The van der Waals surface area contributed by atoms with Gasteiger partial charge in [0.2, 0.25) is 0 Å². The summed E-state index contributed by atoms with van der Waals surface area (Å²) in [4.78, 5) is 17.4. The monoisotopic (exact) mass is 445 g/mol. The first-order chi connectivity index (χ1) is 14.8. The molecule has 0 saturated carbocycles. The van der Waals surface area contributed by atoms with E-state index in [0.29, 0.717) is 28.4 Å². The largest absolute Gasteiger partial charge is 0.485 e. The number of ether oxygens (including phenoxy) is 1. The van der Waals surface area contributed by atoms with Crippen molar-refractivity contribution in [2.24, 2.45) is 0 Å². The van der Waals surface area contributed by atoms with E-state index in [2.05, 4.69) is 20.5 Å². The van der Waals surface area contributed by atoms with E-state index in [-0.39, 0.29) is 28.6 Å². The van der Waals surface area contributed by atoms with E-state index in [0.717, 1.165) is 12.1 Å². The molecular formula is C21H18ClF2N5O2. The Morgan fingerprint density at radius 3 is 2.58 bits per heavy atom. The van der Waals surface area contributed by atoms with Gasteiger partial charge in [0.15, 0.2) is 11.4 Å². The molecular weight excluding hydrogens is 428 g/mol. The van der Waals surface area contributed by atoms with E-state index >= 15 is 0 Å². The first-order valence-corrected chi connectivity index (χ1v) is 9.71. The molecule has 3 aromatic heterocycles. The van der Waals surface area contributed by atoms with Gasteiger partial charge in [-0.05, 0) is 32.9 Å². The molecule has 0 atom stereocenters. The van der Waals surface area contributed by atoms with Gasteiger partial charge in [-0.15, -0.1) is 0 Å². The topological polar surface area (TPSA) is 84.3 Å². The number of carbonyl (C=O) groups is 1. The van der Waals surface area contributed by atoms with Crippen LogP contribution in [0.15, 0.2) is 30.5 Å². The highest BCUT2D eigenvalue weighted by Gasteiger charge is 2.22. The third-order valence-electron chi connectivity index (χ3n) is 4.84. The summed E-state index contributed by atoms with van der Waals surface area (Å²) in [5.41, 5.74) is 2.70. The van der Waals surface area contributed by atoms with Gasteiger partial charge in [-0.3, -0.25) is 14.3 Å². The fourth-order valence-electron chi connectivity index (χ4n) is 3.30. The maximum atomic E-state index is 13.9. The number of carbonyl (C=O) groups excluding carboxylic acids is 1. The number of nitrogens with zero attached hydrogens (tertiary/aromatic N) is 3. The number of aromatic nitrogens is 4. The van der Waals surface area contributed by atoms with Crippen LogP contribution in [0.2, 0.25) is 5.02 Å². The summed E-state index contributed by atoms with van der Waals surface area (Å²) in [5, 5.41) is 9.97. The van der Waals surface area contributed by atoms with Crippen molar-refractivity contribution in [3.63, 3.8) is 0 Å². The zero-order chi connectivity index (χ0) is 22.3. The van der Waals surface area contributed by atoms with Crippen LogP contribution in [-0.4, -0.2) is 25.5 Å². The highest BCUT2D eigenvalue weighted by atomic mass is 35.5. The van der Waals surface area contributed by atoms with Crippen LogP contribution in [0.1, 0.15) is 33.1 Å². The van der Waals surface area contributed by atoms with Gasteiger partial charge in [0.25, 0.3) is 5.91 Å². The van der Waals surface area contributed by atoms with Gasteiger partial charge >= 0.3 is 0 Å². The second-order valence-electron chi connectivity index (χ2n) is 7.01. The summed E-state index contributed by atoms with van der Waals surface area (Å²) in [6.45, 7) is 4.87. The molecule has 0 unspecified atom stereocenters. The SMILES string of the molecule is Cc1n[nH]c(C)c1NC(=O)c1c(C)nc2c(OCc3c(F)cccc3F)cc(Cl)cn12. The highest BCUT2D eigenvalue weighted by Crippen LogP contribution is 2.28. The normalized spacial score (nSPS) is 11.2. The Morgan fingerprint density at radius 2 is 1.94 bits per heavy atom. The highest BCUT2D eigenvalue weighted by molar-refractivity contribution is 6.30. The number of amides is 1. The lowest BCUT2D eigenvalue weighted by Gasteiger charge is -2.11. The van der Waals surface area contributed by atoms with Gasteiger partial charge < -0.3 is 10.1 Å². The fraction of sp³-hybridized carbons (Fsp3) is 0.190. The van der Waals surface area contributed by atoms with Crippen molar-refractivity contribution in [2.45, 2.75) is 27.4 Å². The number of imidazole rings is 1. The molecule has 3 heterocycles. The maximum Gasteiger partial charge on any atom is 0.274 e. The number of aryl methyl sites for hydroxylation is 3. The van der Waals surface area contributed by atoms with Crippen LogP contribution < -0.4 is 10.1 Å². The van der Waals surface area contributed by atoms with Crippen LogP contribution in [0.4, 0.5) is 14.5 Å². The van der Waals surface area contributed by atoms with E-state index in [1.807, 2.05) is 0 Å². The zero-order valence-corrected chi connectivity index (χ0v) is 17.6. The van der Waals surface area contributed by atoms with Crippen molar-refractivity contribution in [3.05, 3.63) is 75.5 Å². The first kappa shape index (κ1) is 20.8. The van der Waals surface area contributed by atoms with Gasteiger partial charge in [0.1, 0.15) is 23.9 Å². The number of pyridine rings is 1. The van der Waals surface area contributed by atoms with Gasteiger partial charge in [-0.2, -0.15) is 5.10 Å². The minimum atomic E-state index is -0.719. The fourth-order valence-corrected chi connectivity index (χ4v) is 3.50. The molecule has 0 fully saturated rings. The minimum Gasteiger partial charge on any atom is -0.485 e. The molecule has 0 aliphatic carbocycles. The number of nitrogens with one attached hydrogen (secondary N) is 2. The quantitative estimate of drug-likeness (QED) is 0.464. The van der Waals surface area contributed by atoms with E-state index in [1.54, 1.807) is 20.8 Å². The molecule has 10 heteroatoms. The summed E-state index contributed by atoms with van der Waals surface area (Å²) in [6.07, 6.45) is 1.53. The number of hydrogen-bond acceptors (Lipinski definition) is 4. The summed E-state index contributed by atoms with van der Waals surface area (Å²) in [5.74, 6) is -1.66. The Hall–Kier alpha value is -3.46. The smallest absolute Gasteiger partial charge is 0.274 e. The number of anilines is 1. The molecule has 7 nitrogen and oxygen atoms in total. The lowest BCUT2D eigenvalue weighted by Crippen LogP contribution is -2.16. The van der Waals surface area contributed by atoms with Crippen molar-refractivity contribution in [1.82, 2.24) is 19.6 Å². The van der Waals surface area contributed by atoms with Crippen LogP contribution in [0.25, 0.3) is 5.65 Å². The number of benzene rings is 1. The molecule has 0 aliphatic rings. The van der Waals surface area contributed by atoms with Gasteiger partial charge in [0.05, 0.1) is 33.4 Å². The molecule has 4 rings (SSSR count). The Kier molecular flexibility index (Phi) is 5.36. The number of H-pyrrole nitrogens is 1. The lowest BCUT2D eigenvalue weighted by atomic mass is 10.2. The minimum absolute atomic E-state index is 0.188. The van der Waals surface area contributed by atoms with Crippen molar-refractivity contribution in [1.29, 1.82) is 0 Å². The van der Waals surface area contributed by atoms with Crippen LogP contribution in [-0.2, 0) is 6.61 Å². The molecule has 160 valence electrons. The second-order valence-corrected chi connectivity index (χ2v) is 7.45. The number of fused-ring (bicyclic) bond motifs is 1. The number of aromatic amines is 1. The van der Waals surface area contributed by atoms with Gasteiger partial charge in [-0.1, -0.05) is 17.7 Å². The Labute approximate surface area is 181 Å². The molecule has 0 aliphatic heterocycles. The summed E-state index contributed by atoms with van der Waals surface area (Å²) in [7, 11) is 0. The van der Waals surface area contributed by atoms with Crippen LogP contribution in [0, 0.1) is 32.4 Å². The number of halogens is 3. The molecule has 0 spiro atoms. The molecule has 31 heavy (non-hydrogen) atoms. The predicted octanol–water partition coefficient (Wildman–Crippen LogP) is 4.75. The Bertz CT molecular complexity index is 1280. The molecule has 4 aromatic rings. The predicted molar refractivity (Wildman–Crippen MR) is 112 cm³/mol. The maximum absolute atomic E-state index is 13.9. The standard InChI is InChI=1S/C21H18ClF2N5O2/c1-10-18(11(2)28-27-10)26-21(30)19-12(3)25-20-17(7-13(22)8-29(19)20)31-9-14-15(23)5-4-6-16(14)24/h4-8H,9H2,1-3H3,(H,26,30)(H,27,28). The zero-order valence-electron chi connectivity index (χ0n) is 16.9. The van der Waals surface area contributed by atoms with E-state index < -0.39 is 17.5 Å². The van der Waals surface area contributed by atoms with Gasteiger partial charge in [0, 0.05) is 12.3 Å². The molecule has 1 aromatic carbocycles. The third kappa shape index (κ3) is 3.84. The van der Waals surface area contributed by atoms with Crippen molar-refractivity contribution >= 4 is 28.8 Å². The molecule has 0 bridgehead atoms. The summed E-state index contributed by atoms with van der Waals surface area (Å²) >= 11 is 6.22. The molecule has 0 saturated heterocycles. The molecule has 0 radical (unpaired) electrons. The average molecular weight is 446 g/mol. The van der Waals surface area contributed by atoms with Gasteiger partial charge in [-0.25, -0.2) is 13.8 Å². The van der Waals surface area contributed by atoms with Crippen LogP contribution in [0.3, 0.4) is 0 Å². The summed E-state index contributed by atoms with van der Waals surface area (Å²) in [6, 6.07) is 5.06. The summed E-state index contributed by atoms with van der Waals surface area (Å²) < 4.78 is 35.0. The van der Waals surface area contributed by atoms with E-state index in [1.165, 1.54) is 22.7 Å². The van der Waals surface area contributed by atoms with Crippen LogP contribution >= 0.6 is 11.6 Å². The Morgan fingerprint density at radius 1 is 1.23 bits per heavy atom. The van der Waals surface area contributed by atoms with Crippen molar-refractivity contribution < 1.29 is 18.3 Å². The molecule has 2 N–H and O–H groups in total. The van der Waals surface area contributed by atoms with E-state index in [4.69, 9.17) is 16.3 Å². The first-order valence-electron chi connectivity index (χ1n) is 9.33. The van der Waals surface area contributed by atoms with E-state index in [9.17, 15) is 13.6 Å². The second kappa shape index (κ2) is 7.99. The van der Waals surface area contributed by atoms with Crippen LogP contribution in [0.5, 0.6) is 5.75 Å². The average Bonchev–Trinajstić information content (AvgIpc) is 3.20. The number of rotatable bonds is 5. The van der Waals surface area contributed by atoms with Crippen molar-refractivity contribution in [2.75, 3.05) is 5.32 Å². The van der Waals surface area contributed by atoms with Crippen molar-refractivity contribution in [3.8, 4) is 5.75 Å². The number of hydrogen-bond donors (Lipinski definition) is 2. The lowest BCUT2D eigenvalue weighted by molar-refractivity contribution is 0.102. The molecule has 1 amide bonds. The third-order valence-corrected chi connectivity index (χ3v) is 5.05.